The molecule has 0 radical (unpaired) electrons. The van der Waals surface area contributed by atoms with Crippen LogP contribution >= 0.6 is 25.3 Å². The van der Waals surface area contributed by atoms with Crippen molar-refractivity contribution in [2.45, 2.75) is 0 Å². The van der Waals surface area contributed by atoms with Crippen LogP contribution in [-0.2, 0) is 4.79 Å². The van der Waals surface area contributed by atoms with Crippen LogP contribution in [0.3, 0.4) is 0 Å². The van der Waals surface area contributed by atoms with E-state index in [2.05, 4.69) is 25.3 Å². The summed E-state index contributed by atoms with van der Waals surface area (Å²) >= 11 is 7.27. The molecule has 0 fully saturated rings. The van der Waals surface area contributed by atoms with Crippen LogP contribution in [0.5, 0.6) is 0 Å². The number of carbonyl (C=O) groups is 1. The van der Waals surface area contributed by atoms with Crippen LogP contribution in [0.2, 0.25) is 0 Å². The molecule has 0 aliphatic heterocycles. The van der Waals surface area contributed by atoms with E-state index in [1.807, 2.05) is 0 Å². The van der Waals surface area contributed by atoms with Gasteiger partial charge < -0.3 is 5.73 Å². The van der Waals surface area contributed by atoms with Crippen LogP contribution in [0.15, 0.2) is 9.81 Å². The number of nitrogens with two attached hydrogens (primary N) is 1. The number of hydrogen-bond donors (Lipinski definition) is 3. The van der Waals surface area contributed by atoms with Gasteiger partial charge in [-0.15, -0.1) is 25.3 Å². The molecule has 0 unspecified atom stereocenters. The zero-order valence-corrected chi connectivity index (χ0v) is 6.12. The van der Waals surface area contributed by atoms with Crippen molar-refractivity contribution in [1.29, 1.82) is 5.26 Å². The van der Waals surface area contributed by atoms with Crippen molar-refractivity contribution < 1.29 is 4.79 Å². The Morgan fingerprint density at radius 2 is 1.73 bits per heavy atom. The SMILES string of the molecule is N#CC(C(N)=O)=C(S)S.[NaH].[NaH]. The van der Waals surface area contributed by atoms with E-state index in [-0.39, 0.29) is 68.9 Å². The van der Waals surface area contributed by atoms with E-state index in [1.54, 1.807) is 6.07 Å². The van der Waals surface area contributed by atoms with Gasteiger partial charge in [-0.2, -0.15) is 5.26 Å². The van der Waals surface area contributed by atoms with Crippen molar-refractivity contribution in [2.24, 2.45) is 5.73 Å². The van der Waals surface area contributed by atoms with E-state index in [0.29, 0.717) is 0 Å². The molecule has 52 valence electrons. The average Bonchev–Trinajstić information content (AvgIpc) is 1.64. The summed E-state index contributed by atoms with van der Waals surface area (Å²) in [7, 11) is 0. The van der Waals surface area contributed by atoms with E-state index in [4.69, 9.17) is 11.0 Å². The number of amides is 1. The molecule has 0 saturated carbocycles. The summed E-state index contributed by atoms with van der Waals surface area (Å²) in [5.41, 5.74) is 4.51. The molecule has 0 aliphatic carbocycles. The predicted molar refractivity (Wildman–Crippen MR) is 54.1 cm³/mol. The Balaban J connectivity index is -0.000000320. The molecule has 0 heterocycles. The van der Waals surface area contributed by atoms with Crippen LogP contribution < -0.4 is 5.73 Å². The zero-order valence-electron chi connectivity index (χ0n) is 4.33. The summed E-state index contributed by atoms with van der Waals surface area (Å²) in [6.45, 7) is 0. The molecule has 0 aliphatic rings. The minimum atomic E-state index is -0.808. The Labute approximate surface area is 120 Å². The van der Waals surface area contributed by atoms with Gasteiger partial charge in [-0.05, 0) is 0 Å². The first-order chi connectivity index (χ1) is 4.09. The Morgan fingerprint density at radius 3 is 1.73 bits per heavy atom. The maximum atomic E-state index is 10.2. The second-order valence-electron chi connectivity index (χ2n) is 1.17. The van der Waals surface area contributed by atoms with Crippen molar-refractivity contribution in [2.75, 3.05) is 0 Å². The van der Waals surface area contributed by atoms with Gasteiger partial charge in [0.25, 0.3) is 5.91 Å². The molecule has 0 saturated heterocycles. The van der Waals surface area contributed by atoms with Crippen LogP contribution in [-0.4, -0.2) is 65.0 Å². The van der Waals surface area contributed by atoms with Crippen LogP contribution in [0.25, 0.3) is 0 Å². The summed E-state index contributed by atoms with van der Waals surface area (Å²) in [4.78, 5) is 10.2. The molecule has 0 aromatic rings. The molecule has 0 aromatic heterocycles. The van der Waals surface area contributed by atoms with E-state index in [9.17, 15) is 4.79 Å². The van der Waals surface area contributed by atoms with Crippen molar-refractivity contribution in [3.05, 3.63) is 9.81 Å². The molecule has 7 heteroatoms. The Hall–Kier alpha value is 1.40. The first-order valence-electron chi connectivity index (χ1n) is 1.91. The Kier molecular flexibility index (Phi) is 15.7. The summed E-state index contributed by atoms with van der Waals surface area (Å²) < 4.78 is 0.0463. The van der Waals surface area contributed by atoms with Gasteiger partial charge >= 0.3 is 59.1 Å². The van der Waals surface area contributed by atoms with Gasteiger partial charge in [-0.25, -0.2) is 0 Å². The average molecular weight is 208 g/mol. The van der Waals surface area contributed by atoms with Crippen molar-refractivity contribution in [3.8, 4) is 6.07 Å². The first kappa shape index (κ1) is 18.2. The number of nitriles is 1. The molecule has 0 spiro atoms. The van der Waals surface area contributed by atoms with Gasteiger partial charge in [-0.1, -0.05) is 0 Å². The fourth-order valence-corrected chi connectivity index (χ4v) is 0.536. The third-order valence-corrected chi connectivity index (χ3v) is 1.03. The van der Waals surface area contributed by atoms with Gasteiger partial charge in [0, 0.05) is 0 Å². The van der Waals surface area contributed by atoms with Crippen LogP contribution in [0.1, 0.15) is 0 Å². The molecule has 0 atom stereocenters. The fraction of sp³-hybridized carbons (Fsp3) is 0. The van der Waals surface area contributed by atoms with Crippen molar-refractivity contribution in [3.63, 3.8) is 0 Å². The van der Waals surface area contributed by atoms with Gasteiger partial charge in [-0.3, -0.25) is 4.79 Å². The Bertz CT molecular complexity index is 207. The van der Waals surface area contributed by atoms with Gasteiger partial charge in [0.05, 0.1) is 4.24 Å². The molecule has 0 rings (SSSR count). The number of carbonyl (C=O) groups excluding carboxylic acids is 1. The molecular weight excluding hydrogens is 202 g/mol. The van der Waals surface area contributed by atoms with E-state index in [1.165, 1.54) is 0 Å². The normalized spacial score (nSPS) is 6.27. The predicted octanol–water partition coefficient (Wildman–Crippen LogP) is -1.23. The van der Waals surface area contributed by atoms with Gasteiger partial charge in [0.2, 0.25) is 0 Å². The van der Waals surface area contributed by atoms with Gasteiger partial charge in [0.15, 0.2) is 0 Å². The molecule has 2 N–H and O–H groups in total. The quantitative estimate of drug-likeness (QED) is 0.219. The molecular formula is C4H6N2Na2OS2. The topological polar surface area (TPSA) is 66.9 Å². The number of thiol groups is 2. The Morgan fingerprint density at radius 1 is 1.36 bits per heavy atom. The standard InChI is InChI=1S/C4H4N2OS2.2Na.2H/c5-1-2(3(6)7)4(8)9;;;;/h8-9H,(H2,6,7);;;;. The number of hydrogen-bond acceptors (Lipinski definition) is 4. The second kappa shape index (κ2) is 9.49. The fourth-order valence-electron chi connectivity index (χ4n) is 0.215. The number of primary amides is 1. The van der Waals surface area contributed by atoms with Crippen LogP contribution in [0.4, 0.5) is 0 Å². The minimum absolute atomic E-state index is 0. The maximum absolute atomic E-state index is 10.2. The monoisotopic (exact) mass is 208 g/mol. The zero-order chi connectivity index (χ0) is 7.44. The van der Waals surface area contributed by atoms with E-state index in [0.717, 1.165) is 0 Å². The summed E-state index contributed by atoms with van der Waals surface area (Å²) in [6, 6.07) is 1.55. The summed E-state index contributed by atoms with van der Waals surface area (Å²) in [6.07, 6.45) is 0. The van der Waals surface area contributed by atoms with Gasteiger partial charge in [0.1, 0.15) is 11.6 Å². The number of nitrogens with zero attached hydrogens (tertiary/aromatic N) is 1. The van der Waals surface area contributed by atoms with E-state index < -0.39 is 5.91 Å². The second-order valence-corrected chi connectivity index (χ2v) is 2.42. The third-order valence-electron chi connectivity index (χ3n) is 0.582. The molecule has 3 nitrogen and oxygen atoms in total. The summed E-state index contributed by atoms with van der Waals surface area (Å²) in [5.74, 6) is -0.808. The van der Waals surface area contributed by atoms with E-state index >= 15 is 0 Å². The first-order valence-corrected chi connectivity index (χ1v) is 2.81. The third kappa shape index (κ3) is 7.75. The molecule has 0 bridgehead atoms. The number of rotatable bonds is 1. The van der Waals surface area contributed by atoms with Crippen LogP contribution in [0, 0.1) is 11.3 Å². The van der Waals surface area contributed by atoms with Crippen molar-refractivity contribution >= 4 is 90.3 Å². The molecule has 1 amide bonds. The molecule has 11 heavy (non-hydrogen) atoms. The van der Waals surface area contributed by atoms with Crippen molar-refractivity contribution in [1.82, 2.24) is 0 Å². The molecule has 0 aromatic carbocycles. The summed E-state index contributed by atoms with van der Waals surface area (Å²) in [5, 5.41) is 8.16.